The number of halogens is 4. The van der Waals surface area contributed by atoms with Crippen molar-refractivity contribution in [2.75, 3.05) is 6.67 Å². The van der Waals surface area contributed by atoms with Crippen LogP contribution in [0.2, 0.25) is 0 Å². The molecule has 1 aliphatic rings. The number of primary amides is 1. The zero-order valence-electron chi connectivity index (χ0n) is 17.4. The van der Waals surface area contributed by atoms with Gasteiger partial charge in [-0.15, -0.1) is 0 Å². The van der Waals surface area contributed by atoms with Crippen LogP contribution in [0.15, 0.2) is 48.7 Å². The third-order valence-corrected chi connectivity index (χ3v) is 5.65. The van der Waals surface area contributed by atoms with E-state index in [2.05, 4.69) is 6.92 Å². The molecule has 0 aliphatic heterocycles. The Morgan fingerprint density at radius 2 is 1.77 bits per heavy atom. The number of hydrogen-bond acceptors (Lipinski definition) is 1. The van der Waals surface area contributed by atoms with Crippen molar-refractivity contribution < 1.29 is 22.4 Å². The summed E-state index contributed by atoms with van der Waals surface area (Å²) in [6.07, 6.45) is 1.92. The highest BCUT2D eigenvalue weighted by Gasteiger charge is 2.30. The highest BCUT2D eigenvalue weighted by Crippen LogP contribution is 2.31. The van der Waals surface area contributed by atoms with Gasteiger partial charge in [-0.05, 0) is 41.7 Å². The fourth-order valence-electron chi connectivity index (χ4n) is 3.68. The number of hydrogen-bond donors (Lipinski definition) is 1. The molecule has 1 aromatic heterocycles. The highest BCUT2D eigenvalue weighted by atomic mass is 19.4. The van der Waals surface area contributed by atoms with E-state index in [-0.39, 0.29) is 12.1 Å². The number of alkyl halides is 4. The Hall–Kier alpha value is -2.83. The Morgan fingerprint density at radius 1 is 1.13 bits per heavy atom. The van der Waals surface area contributed by atoms with Crippen LogP contribution in [0, 0.1) is 5.92 Å². The van der Waals surface area contributed by atoms with Crippen LogP contribution in [0.4, 0.5) is 17.6 Å². The molecule has 3 nitrogen and oxygen atoms in total. The second-order valence-electron chi connectivity index (χ2n) is 8.01. The summed E-state index contributed by atoms with van der Waals surface area (Å²) in [7, 11) is 0. The lowest BCUT2D eigenvalue weighted by molar-refractivity contribution is -0.137. The summed E-state index contributed by atoms with van der Waals surface area (Å²) in [5, 5.41) is 0.605. The van der Waals surface area contributed by atoms with E-state index < -0.39 is 24.3 Å². The molecule has 2 aromatic carbocycles. The van der Waals surface area contributed by atoms with Gasteiger partial charge in [-0.2, -0.15) is 13.2 Å². The first-order valence-electron chi connectivity index (χ1n) is 10.3. The first-order chi connectivity index (χ1) is 14.7. The monoisotopic (exact) mass is 434 g/mol. The number of amides is 1. The third kappa shape index (κ3) is 5.46. The third-order valence-electron chi connectivity index (χ3n) is 5.65. The molecule has 1 fully saturated rings. The fourth-order valence-corrected chi connectivity index (χ4v) is 3.68. The number of rotatable bonds is 5. The van der Waals surface area contributed by atoms with E-state index in [1.807, 2.05) is 0 Å². The lowest BCUT2D eigenvalue weighted by Crippen LogP contribution is -2.11. The maximum atomic E-state index is 12.8. The molecular formula is C24H26F4N2O. The van der Waals surface area contributed by atoms with Gasteiger partial charge in [0.1, 0.15) is 6.67 Å². The number of carbonyl (C=O) groups is 1. The van der Waals surface area contributed by atoms with Crippen molar-refractivity contribution in [3.05, 3.63) is 70.9 Å². The van der Waals surface area contributed by atoms with Gasteiger partial charge in [-0.1, -0.05) is 50.5 Å². The molecule has 166 valence electrons. The number of fused-ring (bicyclic) bond motifs is 1. The minimum Gasteiger partial charge on any atom is -0.366 e. The van der Waals surface area contributed by atoms with Crippen molar-refractivity contribution in [3.63, 3.8) is 0 Å². The standard InChI is InChI=1S/C19H16F4N2O.C5H10/c20-8-9-25-11-15(18(24)26)17-13(2-1-3-16(17)25)10-12-4-6-14(7-5-12)19(21,22)23;1-5-3-2-4-5/h1-7,11H,8-10H2,(H2,24,26);5H,2-4H2,1H3. The molecule has 0 saturated heterocycles. The van der Waals surface area contributed by atoms with Crippen molar-refractivity contribution in [3.8, 4) is 0 Å². The van der Waals surface area contributed by atoms with E-state index in [0.717, 1.165) is 23.6 Å². The zero-order chi connectivity index (χ0) is 22.6. The Balaban J connectivity index is 0.000000478. The molecule has 1 saturated carbocycles. The van der Waals surface area contributed by atoms with Gasteiger partial charge in [0.25, 0.3) is 5.91 Å². The molecule has 2 N–H and O–H groups in total. The van der Waals surface area contributed by atoms with Crippen molar-refractivity contribution in [2.24, 2.45) is 11.7 Å². The van der Waals surface area contributed by atoms with Gasteiger partial charge in [0.15, 0.2) is 0 Å². The van der Waals surface area contributed by atoms with Gasteiger partial charge >= 0.3 is 6.18 Å². The molecule has 0 bridgehead atoms. The number of nitrogens with two attached hydrogens (primary N) is 1. The van der Waals surface area contributed by atoms with Gasteiger partial charge in [-0.25, -0.2) is 4.39 Å². The summed E-state index contributed by atoms with van der Waals surface area (Å²) in [5.74, 6) is 0.433. The summed E-state index contributed by atoms with van der Waals surface area (Å²) in [4.78, 5) is 11.8. The molecule has 3 aromatic rings. The fraction of sp³-hybridized carbons (Fsp3) is 0.375. The Kier molecular flexibility index (Phi) is 7.03. The molecule has 0 spiro atoms. The lowest BCUT2D eigenvalue weighted by atomic mass is 9.88. The number of aryl methyl sites for hydroxylation is 1. The summed E-state index contributed by atoms with van der Waals surface area (Å²) in [6.45, 7) is 1.81. The molecule has 0 atom stereocenters. The van der Waals surface area contributed by atoms with Gasteiger partial charge in [0, 0.05) is 17.1 Å². The van der Waals surface area contributed by atoms with Crippen molar-refractivity contribution >= 4 is 16.8 Å². The number of nitrogens with zero attached hydrogens (tertiary/aromatic N) is 1. The second kappa shape index (κ2) is 9.54. The predicted molar refractivity (Wildman–Crippen MR) is 114 cm³/mol. The van der Waals surface area contributed by atoms with Crippen LogP contribution in [0.5, 0.6) is 0 Å². The number of aromatic nitrogens is 1. The topological polar surface area (TPSA) is 48.0 Å². The molecule has 0 radical (unpaired) electrons. The Morgan fingerprint density at radius 3 is 2.26 bits per heavy atom. The minimum absolute atomic E-state index is 0.0908. The van der Waals surface area contributed by atoms with Gasteiger partial charge in [0.2, 0.25) is 0 Å². The summed E-state index contributed by atoms with van der Waals surface area (Å²) in [5.41, 5.74) is 7.08. The van der Waals surface area contributed by atoms with E-state index in [9.17, 15) is 22.4 Å². The second-order valence-corrected chi connectivity index (χ2v) is 8.01. The zero-order valence-corrected chi connectivity index (χ0v) is 17.4. The Labute approximate surface area is 178 Å². The van der Waals surface area contributed by atoms with Crippen LogP contribution in [0.1, 0.15) is 53.2 Å². The molecule has 7 heteroatoms. The average molecular weight is 434 g/mol. The van der Waals surface area contributed by atoms with E-state index in [1.165, 1.54) is 37.6 Å². The first kappa shape index (κ1) is 22.8. The Bertz CT molecular complexity index is 1030. The number of carbonyl (C=O) groups excluding carboxylic acids is 1. The maximum absolute atomic E-state index is 12.8. The molecule has 0 unspecified atom stereocenters. The summed E-state index contributed by atoms with van der Waals surface area (Å²) in [6, 6.07) is 10.2. The van der Waals surface area contributed by atoms with Crippen LogP contribution < -0.4 is 5.73 Å². The van der Waals surface area contributed by atoms with Crippen LogP contribution >= 0.6 is 0 Å². The highest BCUT2D eigenvalue weighted by molar-refractivity contribution is 6.07. The molecule has 1 heterocycles. The van der Waals surface area contributed by atoms with Gasteiger partial charge < -0.3 is 10.3 Å². The smallest absolute Gasteiger partial charge is 0.366 e. The van der Waals surface area contributed by atoms with Crippen LogP contribution in [-0.2, 0) is 19.1 Å². The van der Waals surface area contributed by atoms with E-state index in [4.69, 9.17) is 5.73 Å². The van der Waals surface area contributed by atoms with Crippen molar-refractivity contribution in [2.45, 2.75) is 45.3 Å². The van der Waals surface area contributed by atoms with Gasteiger partial charge in [0.05, 0.1) is 17.7 Å². The quantitative estimate of drug-likeness (QED) is 0.483. The molecular weight excluding hydrogens is 408 g/mol. The van der Waals surface area contributed by atoms with E-state index >= 15 is 0 Å². The largest absolute Gasteiger partial charge is 0.416 e. The summed E-state index contributed by atoms with van der Waals surface area (Å²) >= 11 is 0. The number of benzene rings is 2. The maximum Gasteiger partial charge on any atom is 0.416 e. The van der Waals surface area contributed by atoms with E-state index in [1.54, 1.807) is 22.8 Å². The molecule has 4 rings (SSSR count). The van der Waals surface area contributed by atoms with Crippen LogP contribution in [0.25, 0.3) is 10.9 Å². The van der Waals surface area contributed by atoms with Gasteiger partial charge in [-0.3, -0.25) is 4.79 Å². The van der Waals surface area contributed by atoms with E-state index in [0.29, 0.717) is 22.9 Å². The molecule has 1 aliphatic carbocycles. The average Bonchev–Trinajstić information content (AvgIpc) is 3.07. The predicted octanol–water partition coefficient (Wildman–Crippen LogP) is 6.13. The molecule has 1 amide bonds. The molecule has 31 heavy (non-hydrogen) atoms. The van der Waals surface area contributed by atoms with Crippen molar-refractivity contribution in [1.29, 1.82) is 0 Å². The minimum atomic E-state index is -4.39. The van der Waals surface area contributed by atoms with Crippen molar-refractivity contribution in [1.82, 2.24) is 4.57 Å². The van der Waals surface area contributed by atoms with Crippen LogP contribution in [0.3, 0.4) is 0 Å². The summed E-state index contributed by atoms with van der Waals surface area (Å²) < 4.78 is 52.4. The first-order valence-corrected chi connectivity index (χ1v) is 10.3. The SMILES string of the molecule is CC1CCC1.NC(=O)c1cn(CCF)c2cccc(Cc3ccc(C(F)(F)F)cc3)c12. The van der Waals surface area contributed by atoms with Crippen LogP contribution in [-0.4, -0.2) is 17.1 Å². The lowest BCUT2D eigenvalue weighted by Gasteiger charge is -2.18. The normalized spacial score (nSPS) is 14.1.